The highest BCUT2D eigenvalue weighted by molar-refractivity contribution is 7.80. The summed E-state index contributed by atoms with van der Waals surface area (Å²) in [5.74, 6) is -0.745. The lowest BCUT2D eigenvalue weighted by Crippen LogP contribution is -2.50. The third kappa shape index (κ3) is 4.15. The molecule has 0 radical (unpaired) electrons. The number of nitrogens with two attached hydrogens (primary N) is 1. The molecule has 120 valence electrons. The van der Waals surface area contributed by atoms with Crippen LogP contribution in [0.15, 0.2) is 0 Å². The molecule has 0 aliphatic heterocycles. The van der Waals surface area contributed by atoms with Crippen LogP contribution >= 0.6 is 12.2 Å². The third-order valence-corrected chi connectivity index (χ3v) is 4.73. The zero-order valence-corrected chi connectivity index (χ0v) is 14.0. The fourth-order valence-electron chi connectivity index (χ4n) is 3.03. The maximum Gasteiger partial charge on any atom is 0.310 e. The second kappa shape index (κ2) is 7.73. The Hall–Kier alpha value is -1.17. The van der Waals surface area contributed by atoms with Crippen LogP contribution in [0.2, 0.25) is 0 Å². The molecule has 1 aliphatic rings. The van der Waals surface area contributed by atoms with Gasteiger partial charge in [0.2, 0.25) is 5.91 Å². The van der Waals surface area contributed by atoms with Gasteiger partial charge in [0.1, 0.15) is 0 Å². The molecule has 0 bridgehead atoms. The minimum atomic E-state index is -0.740. The first kappa shape index (κ1) is 17.9. The number of methoxy groups -OCH3 is 1. The molecule has 0 aromatic heterocycles. The van der Waals surface area contributed by atoms with Gasteiger partial charge in [-0.15, -0.1) is 0 Å². The van der Waals surface area contributed by atoms with Crippen molar-refractivity contribution < 1.29 is 14.3 Å². The van der Waals surface area contributed by atoms with Crippen molar-refractivity contribution in [1.29, 1.82) is 0 Å². The standard InChI is InChI=1S/C15H26N2O3S/c1-11(12(18)20-3)10-17(2)14(19)15(13(16)21)8-6-4-5-7-9-15/h11H,4-10H2,1-3H3,(H2,16,21). The topological polar surface area (TPSA) is 72.6 Å². The number of thiocarbonyl (C=S) groups is 1. The Morgan fingerprint density at radius 2 is 1.81 bits per heavy atom. The fraction of sp³-hybridized carbons (Fsp3) is 0.800. The van der Waals surface area contributed by atoms with Crippen LogP contribution in [0.25, 0.3) is 0 Å². The SMILES string of the molecule is COC(=O)C(C)CN(C)C(=O)C1(C(N)=S)CCCCCC1. The highest BCUT2D eigenvalue weighted by Crippen LogP contribution is 2.37. The molecule has 5 nitrogen and oxygen atoms in total. The minimum Gasteiger partial charge on any atom is -0.469 e. The Morgan fingerprint density at radius 3 is 2.24 bits per heavy atom. The highest BCUT2D eigenvalue weighted by atomic mass is 32.1. The molecule has 1 aliphatic carbocycles. The van der Waals surface area contributed by atoms with Crippen molar-refractivity contribution in [3.05, 3.63) is 0 Å². The first-order valence-electron chi connectivity index (χ1n) is 7.48. The number of hydrogen-bond acceptors (Lipinski definition) is 4. The van der Waals surface area contributed by atoms with Crippen molar-refractivity contribution in [2.24, 2.45) is 17.1 Å². The van der Waals surface area contributed by atoms with Gasteiger partial charge in [0.05, 0.1) is 23.4 Å². The summed E-state index contributed by atoms with van der Waals surface area (Å²) in [4.78, 5) is 26.2. The molecule has 21 heavy (non-hydrogen) atoms. The van der Waals surface area contributed by atoms with Crippen LogP contribution in [0.5, 0.6) is 0 Å². The van der Waals surface area contributed by atoms with E-state index in [0.717, 1.165) is 25.7 Å². The second-order valence-corrected chi connectivity index (χ2v) is 6.41. The summed E-state index contributed by atoms with van der Waals surface area (Å²) >= 11 is 5.21. The monoisotopic (exact) mass is 314 g/mol. The van der Waals surface area contributed by atoms with Gasteiger partial charge in [0.15, 0.2) is 0 Å². The average molecular weight is 314 g/mol. The minimum absolute atomic E-state index is 0.0624. The van der Waals surface area contributed by atoms with Crippen LogP contribution in [0.4, 0.5) is 0 Å². The predicted octanol–water partition coefficient (Wildman–Crippen LogP) is 1.88. The molecule has 1 rings (SSSR count). The van der Waals surface area contributed by atoms with Crippen molar-refractivity contribution in [2.45, 2.75) is 45.4 Å². The number of hydrogen-bond donors (Lipinski definition) is 1. The lowest BCUT2D eigenvalue weighted by Gasteiger charge is -2.35. The molecule has 1 amide bonds. The summed E-state index contributed by atoms with van der Waals surface area (Å²) in [6, 6.07) is 0. The van der Waals surface area contributed by atoms with Crippen molar-refractivity contribution in [3.63, 3.8) is 0 Å². The van der Waals surface area contributed by atoms with E-state index in [1.54, 1.807) is 18.9 Å². The van der Waals surface area contributed by atoms with Crippen molar-refractivity contribution in [2.75, 3.05) is 20.7 Å². The molecular formula is C15H26N2O3S. The molecule has 1 unspecified atom stereocenters. The van der Waals surface area contributed by atoms with E-state index in [-0.39, 0.29) is 22.8 Å². The van der Waals surface area contributed by atoms with Gasteiger partial charge in [0, 0.05) is 13.6 Å². The summed E-state index contributed by atoms with van der Waals surface area (Å²) in [5.41, 5.74) is 5.18. The molecule has 0 aromatic rings. The van der Waals surface area contributed by atoms with Gasteiger partial charge in [0.25, 0.3) is 0 Å². The summed E-state index contributed by atoms with van der Waals surface area (Å²) in [6.45, 7) is 2.06. The van der Waals surface area contributed by atoms with E-state index in [1.165, 1.54) is 7.11 Å². The maximum atomic E-state index is 12.9. The van der Waals surface area contributed by atoms with E-state index in [2.05, 4.69) is 0 Å². The summed E-state index contributed by atoms with van der Waals surface area (Å²) in [6.07, 6.45) is 5.56. The molecule has 6 heteroatoms. The van der Waals surface area contributed by atoms with Crippen LogP contribution < -0.4 is 5.73 Å². The average Bonchev–Trinajstić information content (AvgIpc) is 2.71. The van der Waals surface area contributed by atoms with Crippen LogP contribution in [0.1, 0.15) is 45.4 Å². The Balaban J connectivity index is 2.85. The fourth-order valence-corrected chi connectivity index (χ4v) is 3.32. The Labute approximate surface area is 132 Å². The number of carbonyl (C=O) groups is 2. The van der Waals surface area contributed by atoms with Gasteiger partial charge < -0.3 is 15.4 Å². The summed E-state index contributed by atoms with van der Waals surface area (Å²) < 4.78 is 4.70. The Bertz CT molecular complexity index is 404. The van der Waals surface area contributed by atoms with Gasteiger partial charge >= 0.3 is 5.97 Å². The van der Waals surface area contributed by atoms with E-state index >= 15 is 0 Å². The largest absolute Gasteiger partial charge is 0.469 e. The van der Waals surface area contributed by atoms with Crippen molar-refractivity contribution in [1.82, 2.24) is 4.90 Å². The molecular weight excluding hydrogens is 288 g/mol. The molecule has 0 heterocycles. The van der Waals surface area contributed by atoms with Crippen molar-refractivity contribution >= 4 is 29.1 Å². The number of rotatable bonds is 5. The van der Waals surface area contributed by atoms with Gasteiger partial charge in [-0.05, 0) is 12.8 Å². The van der Waals surface area contributed by atoms with Crippen LogP contribution in [0, 0.1) is 11.3 Å². The molecule has 0 saturated heterocycles. The van der Waals surface area contributed by atoms with E-state index in [4.69, 9.17) is 22.7 Å². The molecule has 1 atom stereocenters. The van der Waals surface area contributed by atoms with E-state index < -0.39 is 5.41 Å². The predicted molar refractivity (Wildman–Crippen MR) is 85.7 cm³/mol. The molecule has 0 spiro atoms. The Kier molecular flexibility index (Phi) is 6.58. The number of esters is 1. The van der Waals surface area contributed by atoms with Crippen molar-refractivity contribution in [3.8, 4) is 0 Å². The number of carbonyl (C=O) groups excluding carboxylic acids is 2. The van der Waals surface area contributed by atoms with Crippen LogP contribution in [-0.4, -0.2) is 42.5 Å². The zero-order chi connectivity index (χ0) is 16.0. The third-order valence-electron chi connectivity index (χ3n) is 4.34. The maximum absolute atomic E-state index is 12.9. The van der Waals surface area contributed by atoms with E-state index in [0.29, 0.717) is 19.4 Å². The summed E-state index contributed by atoms with van der Waals surface area (Å²) in [7, 11) is 3.05. The first-order chi connectivity index (χ1) is 9.85. The zero-order valence-electron chi connectivity index (χ0n) is 13.2. The van der Waals surface area contributed by atoms with Crippen LogP contribution in [0.3, 0.4) is 0 Å². The second-order valence-electron chi connectivity index (χ2n) is 5.97. The molecule has 1 saturated carbocycles. The van der Waals surface area contributed by atoms with Gasteiger partial charge in [-0.2, -0.15) is 0 Å². The Morgan fingerprint density at radius 1 is 1.29 bits per heavy atom. The first-order valence-corrected chi connectivity index (χ1v) is 7.89. The van der Waals surface area contributed by atoms with Gasteiger partial charge in [-0.3, -0.25) is 9.59 Å². The van der Waals surface area contributed by atoms with E-state index in [1.807, 2.05) is 0 Å². The lowest BCUT2D eigenvalue weighted by molar-refractivity contribution is -0.147. The number of ether oxygens (including phenoxy) is 1. The molecule has 1 fully saturated rings. The highest BCUT2D eigenvalue weighted by Gasteiger charge is 2.43. The molecule has 2 N–H and O–H groups in total. The lowest BCUT2D eigenvalue weighted by atomic mass is 9.78. The normalized spacial score (nSPS) is 19.2. The van der Waals surface area contributed by atoms with E-state index in [9.17, 15) is 9.59 Å². The summed E-state index contributed by atoms with van der Waals surface area (Å²) in [5, 5.41) is 0. The number of nitrogens with zero attached hydrogens (tertiary/aromatic N) is 1. The van der Waals surface area contributed by atoms with Crippen LogP contribution in [-0.2, 0) is 14.3 Å². The molecule has 0 aromatic carbocycles. The van der Waals surface area contributed by atoms with Gasteiger partial charge in [-0.1, -0.05) is 44.8 Å². The smallest absolute Gasteiger partial charge is 0.310 e. The quantitative estimate of drug-likeness (QED) is 0.476. The van der Waals surface area contributed by atoms with Gasteiger partial charge in [-0.25, -0.2) is 0 Å². The number of amides is 1.